The highest BCUT2D eigenvalue weighted by molar-refractivity contribution is 7.93. The molecule has 0 radical (unpaired) electrons. The maximum Gasteiger partial charge on any atom is 0.264 e. The number of carbonyl (C=O) groups excluding carboxylic acids is 1. The molecule has 1 amide bonds. The first kappa shape index (κ1) is 27.0. The van der Waals surface area contributed by atoms with Crippen LogP contribution >= 0.6 is 23.2 Å². The standard InChI is InChI=1S/C24H24Cl2N2O5S2/c1-3-23(17-9-12-19(13-10-17)34(2,30)31)27-24(29)16-28(18-11-14-21(25)22(26)15-18)35(32,33)20-7-5-4-6-8-20/h4-15,23H,3,16H2,1-2H3,(H,27,29). The van der Waals surface area contributed by atoms with Crippen LogP contribution in [0.2, 0.25) is 10.0 Å². The zero-order valence-corrected chi connectivity index (χ0v) is 22.1. The molecule has 186 valence electrons. The molecule has 0 saturated heterocycles. The van der Waals surface area contributed by atoms with Gasteiger partial charge in [0.05, 0.1) is 31.6 Å². The summed E-state index contributed by atoms with van der Waals surface area (Å²) in [6.07, 6.45) is 1.62. The molecule has 3 rings (SSSR count). The van der Waals surface area contributed by atoms with Crippen LogP contribution < -0.4 is 9.62 Å². The summed E-state index contributed by atoms with van der Waals surface area (Å²) in [5.74, 6) is -0.547. The third-order valence-electron chi connectivity index (χ3n) is 5.26. The van der Waals surface area contributed by atoms with Crippen molar-refractivity contribution in [3.8, 4) is 0 Å². The Kier molecular flexibility index (Phi) is 8.48. The summed E-state index contributed by atoms with van der Waals surface area (Å²) in [7, 11) is -7.46. The molecule has 0 bridgehead atoms. The number of nitrogens with one attached hydrogen (secondary N) is 1. The number of nitrogens with zero attached hydrogens (tertiary/aromatic N) is 1. The maximum atomic E-state index is 13.4. The second kappa shape index (κ2) is 11.0. The Labute approximate surface area is 215 Å². The predicted molar refractivity (Wildman–Crippen MR) is 138 cm³/mol. The van der Waals surface area contributed by atoms with Crippen molar-refractivity contribution in [3.05, 3.63) is 88.4 Å². The fourth-order valence-corrected chi connectivity index (χ4v) is 5.77. The van der Waals surface area contributed by atoms with E-state index in [1.165, 1.54) is 42.5 Å². The SMILES string of the molecule is CCC(NC(=O)CN(c1ccc(Cl)c(Cl)c1)S(=O)(=O)c1ccccc1)c1ccc(S(C)(=O)=O)cc1. The average Bonchev–Trinajstić information content (AvgIpc) is 2.83. The van der Waals surface area contributed by atoms with Crippen molar-refractivity contribution >= 4 is 54.7 Å². The number of anilines is 1. The smallest absolute Gasteiger partial charge is 0.264 e. The fourth-order valence-electron chi connectivity index (χ4n) is 3.41. The number of hydrogen-bond acceptors (Lipinski definition) is 5. The second-order valence-electron chi connectivity index (χ2n) is 7.79. The third-order valence-corrected chi connectivity index (χ3v) is 8.92. The molecular formula is C24H24Cl2N2O5S2. The molecule has 0 heterocycles. The summed E-state index contributed by atoms with van der Waals surface area (Å²) in [6, 6.07) is 17.8. The third kappa shape index (κ3) is 6.55. The zero-order valence-electron chi connectivity index (χ0n) is 19.0. The molecule has 3 aromatic carbocycles. The topological polar surface area (TPSA) is 101 Å². The maximum absolute atomic E-state index is 13.4. The monoisotopic (exact) mass is 554 g/mol. The van der Waals surface area contributed by atoms with Crippen LogP contribution in [-0.2, 0) is 24.7 Å². The molecule has 0 aliphatic carbocycles. The van der Waals surface area contributed by atoms with Crippen LogP contribution in [0, 0.1) is 0 Å². The molecule has 11 heteroatoms. The molecule has 0 aliphatic heterocycles. The molecule has 0 aromatic heterocycles. The highest BCUT2D eigenvalue weighted by Gasteiger charge is 2.28. The molecule has 0 fully saturated rings. The van der Waals surface area contributed by atoms with E-state index in [0.717, 1.165) is 10.6 Å². The van der Waals surface area contributed by atoms with Crippen molar-refractivity contribution in [2.75, 3.05) is 17.1 Å². The van der Waals surface area contributed by atoms with Gasteiger partial charge >= 0.3 is 0 Å². The van der Waals surface area contributed by atoms with Gasteiger partial charge in [-0.15, -0.1) is 0 Å². The Morgan fingerprint density at radius 3 is 2.06 bits per heavy atom. The number of rotatable bonds is 9. The van der Waals surface area contributed by atoms with Crippen LogP contribution in [0.4, 0.5) is 5.69 Å². The van der Waals surface area contributed by atoms with Crippen molar-refractivity contribution in [1.29, 1.82) is 0 Å². The molecule has 3 aromatic rings. The first-order chi connectivity index (χ1) is 16.4. The molecule has 0 aliphatic rings. The van der Waals surface area contributed by atoms with Gasteiger partial charge in [0.15, 0.2) is 9.84 Å². The van der Waals surface area contributed by atoms with Gasteiger partial charge in [-0.3, -0.25) is 9.10 Å². The first-order valence-electron chi connectivity index (χ1n) is 10.6. The number of sulfone groups is 1. The normalized spacial score (nSPS) is 12.7. The van der Waals surface area contributed by atoms with Crippen molar-refractivity contribution in [2.45, 2.75) is 29.2 Å². The number of hydrogen-bond donors (Lipinski definition) is 1. The van der Waals surface area contributed by atoms with Gasteiger partial charge in [0.25, 0.3) is 10.0 Å². The molecule has 0 saturated carbocycles. The zero-order chi connectivity index (χ0) is 25.8. The van der Waals surface area contributed by atoms with Crippen molar-refractivity contribution in [3.63, 3.8) is 0 Å². The van der Waals surface area contributed by atoms with Gasteiger partial charge in [-0.25, -0.2) is 16.8 Å². The lowest BCUT2D eigenvalue weighted by Crippen LogP contribution is -2.42. The highest BCUT2D eigenvalue weighted by Crippen LogP contribution is 2.30. The Morgan fingerprint density at radius 1 is 0.886 bits per heavy atom. The summed E-state index contributed by atoms with van der Waals surface area (Å²) in [5.41, 5.74) is 0.879. The van der Waals surface area contributed by atoms with Gasteiger partial charge in [0.1, 0.15) is 6.54 Å². The molecule has 1 unspecified atom stereocenters. The number of amides is 1. The highest BCUT2D eigenvalue weighted by atomic mass is 35.5. The van der Waals surface area contributed by atoms with Crippen LogP contribution in [0.1, 0.15) is 24.9 Å². The number of carbonyl (C=O) groups is 1. The quantitative estimate of drug-likeness (QED) is 0.407. The Hall–Kier alpha value is -2.59. The lowest BCUT2D eigenvalue weighted by atomic mass is 10.0. The van der Waals surface area contributed by atoms with Gasteiger partial charge in [-0.05, 0) is 54.4 Å². The Bertz CT molecular complexity index is 1410. The summed E-state index contributed by atoms with van der Waals surface area (Å²) >= 11 is 12.1. The fraction of sp³-hybridized carbons (Fsp3) is 0.208. The minimum Gasteiger partial charge on any atom is -0.348 e. The predicted octanol–water partition coefficient (Wildman–Crippen LogP) is 4.86. The van der Waals surface area contributed by atoms with Gasteiger partial charge in [0, 0.05) is 6.26 Å². The van der Waals surface area contributed by atoms with E-state index in [2.05, 4.69) is 5.32 Å². The van der Waals surface area contributed by atoms with E-state index in [1.54, 1.807) is 30.3 Å². The van der Waals surface area contributed by atoms with E-state index in [1.807, 2.05) is 6.92 Å². The Morgan fingerprint density at radius 2 is 1.51 bits per heavy atom. The molecule has 1 N–H and O–H groups in total. The summed E-state index contributed by atoms with van der Waals surface area (Å²) in [4.78, 5) is 13.2. The van der Waals surface area contributed by atoms with Crippen LogP contribution in [0.3, 0.4) is 0 Å². The van der Waals surface area contributed by atoms with Crippen LogP contribution in [0.15, 0.2) is 82.6 Å². The van der Waals surface area contributed by atoms with Crippen LogP contribution in [0.5, 0.6) is 0 Å². The van der Waals surface area contributed by atoms with E-state index < -0.39 is 38.4 Å². The number of benzene rings is 3. The molecule has 1 atom stereocenters. The largest absolute Gasteiger partial charge is 0.348 e. The minimum atomic E-state index is -4.10. The van der Waals surface area contributed by atoms with Crippen LogP contribution in [0.25, 0.3) is 0 Å². The van der Waals surface area contributed by atoms with Crippen LogP contribution in [-0.4, -0.2) is 35.5 Å². The molecule has 35 heavy (non-hydrogen) atoms. The molecule has 0 spiro atoms. The average molecular weight is 556 g/mol. The Balaban J connectivity index is 1.90. The van der Waals surface area contributed by atoms with Gasteiger partial charge in [0.2, 0.25) is 5.91 Å². The van der Waals surface area contributed by atoms with E-state index in [9.17, 15) is 21.6 Å². The molecule has 7 nitrogen and oxygen atoms in total. The minimum absolute atomic E-state index is 0.0160. The lowest BCUT2D eigenvalue weighted by molar-refractivity contribution is -0.120. The lowest BCUT2D eigenvalue weighted by Gasteiger charge is -2.26. The van der Waals surface area contributed by atoms with Crippen molar-refractivity contribution in [1.82, 2.24) is 5.32 Å². The van der Waals surface area contributed by atoms with Gasteiger partial charge in [-0.2, -0.15) is 0 Å². The molecular weight excluding hydrogens is 531 g/mol. The second-order valence-corrected chi connectivity index (χ2v) is 12.5. The van der Waals surface area contributed by atoms with Gasteiger partial charge in [-0.1, -0.05) is 60.5 Å². The first-order valence-corrected chi connectivity index (χ1v) is 14.6. The van der Waals surface area contributed by atoms with E-state index in [4.69, 9.17) is 23.2 Å². The summed E-state index contributed by atoms with van der Waals surface area (Å²) < 4.78 is 51.3. The number of halogens is 2. The van der Waals surface area contributed by atoms with E-state index >= 15 is 0 Å². The van der Waals surface area contributed by atoms with E-state index in [-0.39, 0.29) is 25.5 Å². The van der Waals surface area contributed by atoms with E-state index in [0.29, 0.717) is 12.0 Å². The summed E-state index contributed by atoms with van der Waals surface area (Å²) in [5, 5.41) is 3.24. The number of sulfonamides is 1. The van der Waals surface area contributed by atoms with Crippen molar-refractivity contribution in [2.24, 2.45) is 0 Å². The van der Waals surface area contributed by atoms with Crippen molar-refractivity contribution < 1.29 is 21.6 Å². The van der Waals surface area contributed by atoms with Gasteiger partial charge < -0.3 is 5.32 Å². The summed E-state index contributed by atoms with van der Waals surface area (Å²) in [6.45, 7) is 1.35.